The molecule has 1 aliphatic heterocycles. The number of ether oxygens (including phenoxy) is 1. The highest BCUT2D eigenvalue weighted by Gasteiger charge is 2.22. The summed E-state index contributed by atoms with van der Waals surface area (Å²) in [5.41, 5.74) is 1.77. The van der Waals surface area contributed by atoms with Gasteiger partial charge in [-0.2, -0.15) is 0 Å². The van der Waals surface area contributed by atoms with E-state index in [-0.39, 0.29) is 0 Å². The number of thiophene rings is 1. The fourth-order valence-electron chi connectivity index (χ4n) is 2.15. The highest BCUT2D eigenvalue weighted by Crippen LogP contribution is 2.34. The lowest BCUT2D eigenvalue weighted by atomic mass is 10.2. The molecule has 1 fully saturated rings. The normalized spacial score (nSPS) is 21.9. The van der Waals surface area contributed by atoms with Gasteiger partial charge >= 0.3 is 0 Å². The molecule has 0 aromatic carbocycles. The SMILES string of the molecule is [2H]c1csc2c(N3CCOC[C@H]3C)cc(Cl)nc12. The average Bonchev–Trinajstić information content (AvgIpc) is 2.71. The molecule has 90 valence electrons. The van der Waals surface area contributed by atoms with Crippen LogP contribution in [0.25, 0.3) is 10.2 Å². The van der Waals surface area contributed by atoms with Crippen molar-refractivity contribution in [2.24, 2.45) is 0 Å². The maximum Gasteiger partial charge on any atom is 0.131 e. The van der Waals surface area contributed by atoms with Gasteiger partial charge < -0.3 is 9.64 Å². The van der Waals surface area contributed by atoms with Crippen LogP contribution in [-0.4, -0.2) is 30.8 Å². The third-order valence-electron chi connectivity index (χ3n) is 2.97. The molecule has 3 rings (SSSR count). The lowest BCUT2D eigenvalue weighted by molar-refractivity contribution is 0.0991. The number of nitrogens with zero attached hydrogens (tertiary/aromatic N) is 2. The second kappa shape index (κ2) is 4.44. The number of hydrogen-bond acceptors (Lipinski definition) is 4. The van der Waals surface area contributed by atoms with Crippen molar-refractivity contribution in [3.8, 4) is 0 Å². The minimum Gasteiger partial charge on any atom is -0.377 e. The van der Waals surface area contributed by atoms with Gasteiger partial charge in [-0.1, -0.05) is 11.6 Å². The topological polar surface area (TPSA) is 25.4 Å². The number of aromatic nitrogens is 1. The van der Waals surface area contributed by atoms with Gasteiger partial charge in [-0.15, -0.1) is 11.3 Å². The van der Waals surface area contributed by atoms with Crippen LogP contribution in [0.2, 0.25) is 5.15 Å². The molecule has 0 radical (unpaired) electrons. The second-order valence-corrected chi connectivity index (χ2v) is 5.41. The summed E-state index contributed by atoms with van der Waals surface area (Å²) < 4.78 is 14.3. The number of pyridine rings is 1. The largest absolute Gasteiger partial charge is 0.377 e. The molecule has 0 unspecified atom stereocenters. The highest BCUT2D eigenvalue weighted by atomic mass is 35.5. The number of morpholine rings is 1. The molecular weight excluding hydrogens is 256 g/mol. The summed E-state index contributed by atoms with van der Waals surface area (Å²) in [5.74, 6) is 0. The zero-order valence-electron chi connectivity index (χ0n) is 10.4. The van der Waals surface area contributed by atoms with Crippen LogP contribution in [0.5, 0.6) is 0 Å². The van der Waals surface area contributed by atoms with Gasteiger partial charge in [-0.25, -0.2) is 4.98 Å². The number of halogens is 1. The molecule has 0 aliphatic carbocycles. The summed E-state index contributed by atoms with van der Waals surface area (Å²) in [4.78, 5) is 6.53. The molecule has 5 heteroatoms. The molecule has 3 heterocycles. The van der Waals surface area contributed by atoms with E-state index in [4.69, 9.17) is 17.7 Å². The molecule has 0 saturated carbocycles. The van der Waals surface area contributed by atoms with E-state index in [1.807, 2.05) is 11.4 Å². The summed E-state index contributed by atoms with van der Waals surface area (Å²) >= 11 is 7.63. The van der Waals surface area contributed by atoms with Crippen molar-refractivity contribution in [3.63, 3.8) is 0 Å². The summed E-state index contributed by atoms with van der Waals surface area (Å²) in [7, 11) is 0. The maximum absolute atomic E-state index is 7.85. The van der Waals surface area contributed by atoms with Gasteiger partial charge in [0.15, 0.2) is 0 Å². The lowest BCUT2D eigenvalue weighted by Crippen LogP contribution is -2.43. The van der Waals surface area contributed by atoms with Crippen molar-refractivity contribution in [3.05, 3.63) is 22.6 Å². The summed E-state index contributed by atoms with van der Waals surface area (Å²) in [6.45, 7) is 4.43. The van der Waals surface area contributed by atoms with Gasteiger partial charge in [0.05, 0.1) is 30.5 Å². The minimum atomic E-state index is 0.316. The average molecular weight is 270 g/mol. The highest BCUT2D eigenvalue weighted by molar-refractivity contribution is 7.17. The Morgan fingerprint density at radius 1 is 1.71 bits per heavy atom. The van der Waals surface area contributed by atoms with Crippen LogP contribution >= 0.6 is 22.9 Å². The van der Waals surface area contributed by atoms with Crippen molar-refractivity contribution in [2.45, 2.75) is 13.0 Å². The molecule has 1 atom stereocenters. The summed E-state index contributed by atoms with van der Waals surface area (Å²) in [6, 6.07) is 2.65. The van der Waals surface area contributed by atoms with Gasteiger partial charge in [-0.3, -0.25) is 0 Å². The Morgan fingerprint density at radius 3 is 3.41 bits per heavy atom. The van der Waals surface area contributed by atoms with E-state index in [1.54, 1.807) is 11.3 Å². The third-order valence-corrected chi connectivity index (χ3v) is 4.04. The van der Waals surface area contributed by atoms with E-state index in [9.17, 15) is 0 Å². The van der Waals surface area contributed by atoms with Gasteiger partial charge in [0.25, 0.3) is 0 Å². The molecular formula is C12H13ClN2OS. The first-order valence-electron chi connectivity index (χ1n) is 6.05. The number of hydrogen-bond donors (Lipinski definition) is 0. The van der Waals surface area contributed by atoms with Crippen LogP contribution in [0, 0.1) is 0 Å². The van der Waals surface area contributed by atoms with E-state index >= 15 is 0 Å². The Balaban J connectivity index is 2.15. The number of fused-ring (bicyclic) bond motifs is 1. The fourth-order valence-corrected chi connectivity index (χ4v) is 3.14. The number of rotatable bonds is 1. The number of anilines is 1. The van der Waals surface area contributed by atoms with E-state index in [2.05, 4.69) is 16.8 Å². The van der Waals surface area contributed by atoms with Crippen LogP contribution in [0.3, 0.4) is 0 Å². The van der Waals surface area contributed by atoms with Crippen LogP contribution < -0.4 is 4.90 Å². The standard InChI is InChI=1S/C12H13ClN2OS/c1-8-7-16-4-3-15(8)10-6-11(13)14-9-2-5-17-12(9)10/h2,5-6,8H,3-4,7H2,1H3/t8-/m1/s1/i2D. The Kier molecular flexibility index (Phi) is 2.64. The van der Waals surface area contributed by atoms with Gasteiger partial charge in [0.1, 0.15) is 5.15 Å². The van der Waals surface area contributed by atoms with Gasteiger partial charge in [0, 0.05) is 18.7 Å². The molecule has 17 heavy (non-hydrogen) atoms. The van der Waals surface area contributed by atoms with Crippen molar-refractivity contribution in [2.75, 3.05) is 24.7 Å². The van der Waals surface area contributed by atoms with E-state index < -0.39 is 0 Å². The molecule has 0 bridgehead atoms. The van der Waals surface area contributed by atoms with E-state index in [0.29, 0.717) is 22.8 Å². The zero-order chi connectivity index (χ0) is 12.7. The van der Waals surface area contributed by atoms with Gasteiger partial charge in [-0.05, 0) is 18.3 Å². The van der Waals surface area contributed by atoms with Crippen LogP contribution in [0.15, 0.2) is 17.5 Å². The van der Waals surface area contributed by atoms with Crippen LogP contribution in [0.4, 0.5) is 5.69 Å². The molecule has 3 nitrogen and oxygen atoms in total. The maximum atomic E-state index is 7.85. The van der Waals surface area contributed by atoms with Crippen molar-refractivity contribution in [1.82, 2.24) is 4.98 Å². The molecule has 2 aromatic heterocycles. The van der Waals surface area contributed by atoms with Crippen LogP contribution in [-0.2, 0) is 4.74 Å². The first kappa shape index (κ1) is 10.1. The predicted octanol–water partition coefficient (Wildman–Crippen LogP) is 3.17. The Hall–Kier alpha value is -0.840. The molecule has 1 aliphatic rings. The Morgan fingerprint density at radius 2 is 2.59 bits per heavy atom. The predicted molar refractivity (Wildman–Crippen MR) is 72.3 cm³/mol. The fraction of sp³-hybridized carbons (Fsp3) is 0.417. The molecule has 2 aromatic rings. The zero-order valence-corrected chi connectivity index (χ0v) is 11.0. The van der Waals surface area contributed by atoms with E-state index in [1.165, 1.54) is 0 Å². The first-order valence-corrected chi connectivity index (χ1v) is 6.81. The molecule has 0 amide bonds. The summed E-state index contributed by atoms with van der Waals surface area (Å²) in [5, 5.41) is 2.26. The van der Waals surface area contributed by atoms with Crippen molar-refractivity contribution in [1.29, 1.82) is 0 Å². The summed E-state index contributed by atoms with van der Waals surface area (Å²) in [6.07, 6.45) is 0. The minimum absolute atomic E-state index is 0.316. The molecule has 0 N–H and O–H groups in total. The van der Waals surface area contributed by atoms with Crippen LogP contribution in [0.1, 0.15) is 8.29 Å². The molecule has 0 spiro atoms. The second-order valence-electron chi connectivity index (χ2n) is 4.14. The van der Waals surface area contributed by atoms with Crippen molar-refractivity contribution < 1.29 is 6.11 Å². The first-order chi connectivity index (χ1) is 8.66. The smallest absolute Gasteiger partial charge is 0.131 e. The molecule has 1 saturated heterocycles. The monoisotopic (exact) mass is 269 g/mol. The van der Waals surface area contributed by atoms with Gasteiger partial charge in [0.2, 0.25) is 0 Å². The Bertz CT molecular complexity index is 589. The van der Waals surface area contributed by atoms with E-state index in [0.717, 1.165) is 30.1 Å². The third kappa shape index (κ3) is 2.01. The lowest BCUT2D eigenvalue weighted by Gasteiger charge is -2.35. The Labute approximate surface area is 110 Å². The van der Waals surface area contributed by atoms with Crippen molar-refractivity contribution >= 4 is 38.8 Å². The quantitative estimate of drug-likeness (QED) is 0.744.